The number of benzene rings is 3. The van der Waals surface area contributed by atoms with E-state index in [1.54, 1.807) is 6.26 Å². The molecule has 7 heteroatoms. The van der Waals surface area contributed by atoms with Gasteiger partial charge in [-0.3, -0.25) is 0 Å². The summed E-state index contributed by atoms with van der Waals surface area (Å²) in [6.07, 6.45) is 2.11. The number of aromatic nitrogens is 2. The summed E-state index contributed by atoms with van der Waals surface area (Å²) < 4.78 is 5.75. The van der Waals surface area contributed by atoms with Crippen LogP contribution in [0.1, 0.15) is 28.0 Å². The number of H-pyrrole nitrogens is 1. The first-order chi connectivity index (χ1) is 17.9. The van der Waals surface area contributed by atoms with Gasteiger partial charge in [-0.05, 0) is 61.2 Å². The van der Waals surface area contributed by atoms with Gasteiger partial charge in [0.25, 0.3) is 0 Å². The molecule has 3 aromatic carbocycles. The van der Waals surface area contributed by atoms with Gasteiger partial charge in [-0.15, -0.1) is 0 Å². The standard InChI is InChI=1S/C30H30N4O3/c1-18-12-19(2)28(20(3)13-18)32-27(29(35)36)14-21-8-10-22(11-9-21)23-15-24(37-17-23)16-31-30-33-25-6-4-5-7-26(25)34-30/h4-13,15,17,27,32H,14,16H2,1-3H3,(H,35,36)(H2,31,33,34). The zero-order chi connectivity index (χ0) is 25.9. The van der Waals surface area contributed by atoms with Crippen LogP contribution in [-0.2, 0) is 17.8 Å². The van der Waals surface area contributed by atoms with Crippen molar-refractivity contribution in [3.05, 3.63) is 101 Å². The topological polar surface area (TPSA) is 103 Å². The number of carbonyl (C=O) groups is 1. The maximum atomic E-state index is 12.0. The average Bonchev–Trinajstić information content (AvgIpc) is 3.51. The smallest absolute Gasteiger partial charge is 0.326 e. The number of aromatic amines is 1. The fourth-order valence-electron chi connectivity index (χ4n) is 4.68. The maximum Gasteiger partial charge on any atom is 0.326 e. The highest BCUT2D eigenvalue weighted by atomic mass is 16.4. The summed E-state index contributed by atoms with van der Waals surface area (Å²) in [6.45, 7) is 6.55. The highest BCUT2D eigenvalue weighted by Crippen LogP contribution is 2.26. The summed E-state index contributed by atoms with van der Waals surface area (Å²) in [5, 5.41) is 16.4. The maximum absolute atomic E-state index is 12.0. The molecule has 0 aliphatic heterocycles. The number of carboxylic acids is 1. The number of nitrogens with one attached hydrogen (secondary N) is 3. The molecule has 0 aliphatic rings. The van der Waals surface area contributed by atoms with Crippen LogP contribution in [-0.4, -0.2) is 27.1 Å². The second-order valence-corrected chi connectivity index (χ2v) is 9.47. The summed E-state index contributed by atoms with van der Waals surface area (Å²) in [5.41, 5.74) is 8.95. The van der Waals surface area contributed by atoms with E-state index in [4.69, 9.17) is 4.42 Å². The van der Waals surface area contributed by atoms with Crippen LogP contribution in [0, 0.1) is 20.8 Å². The summed E-state index contributed by atoms with van der Waals surface area (Å²) >= 11 is 0. The predicted octanol–water partition coefficient (Wildman–Crippen LogP) is 6.47. The van der Waals surface area contributed by atoms with E-state index in [2.05, 4.69) is 32.7 Å². The number of fused-ring (bicyclic) bond motifs is 1. The van der Waals surface area contributed by atoms with Gasteiger partial charge in [-0.2, -0.15) is 0 Å². The van der Waals surface area contributed by atoms with Crippen molar-refractivity contribution in [2.45, 2.75) is 39.8 Å². The van der Waals surface area contributed by atoms with Crippen molar-refractivity contribution in [3.63, 3.8) is 0 Å². The monoisotopic (exact) mass is 494 g/mol. The van der Waals surface area contributed by atoms with Gasteiger partial charge in [-0.25, -0.2) is 9.78 Å². The van der Waals surface area contributed by atoms with Crippen LogP contribution in [0.2, 0.25) is 0 Å². The number of para-hydroxylation sites is 2. The van der Waals surface area contributed by atoms with Crippen molar-refractivity contribution in [3.8, 4) is 11.1 Å². The van der Waals surface area contributed by atoms with E-state index in [1.165, 1.54) is 0 Å². The molecular formula is C30H30N4O3. The number of furan rings is 1. The van der Waals surface area contributed by atoms with Crippen LogP contribution in [0.3, 0.4) is 0 Å². The number of hydrogen-bond acceptors (Lipinski definition) is 5. The minimum absolute atomic E-state index is 0.375. The molecule has 0 bridgehead atoms. The molecule has 0 fully saturated rings. The van der Waals surface area contributed by atoms with Crippen molar-refractivity contribution >= 4 is 28.6 Å². The van der Waals surface area contributed by atoms with Gasteiger partial charge in [0.2, 0.25) is 5.95 Å². The molecule has 5 rings (SSSR count). The lowest BCUT2D eigenvalue weighted by Crippen LogP contribution is -2.32. The van der Waals surface area contributed by atoms with Crippen molar-refractivity contribution in [2.75, 3.05) is 10.6 Å². The number of nitrogens with zero attached hydrogens (tertiary/aromatic N) is 1. The molecule has 1 atom stereocenters. The van der Waals surface area contributed by atoms with Crippen LogP contribution in [0.5, 0.6) is 0 Å². The molecule has 188 valence electrons. The molecule has 0 aliphatic carbocycles. The molecule has 5 aromatic rings. The van der Waals surface area contributed by atoms with Crippen LogP contribution < -0.4 is 10.6 Å². The minimum atomic E-state index is -0.875. The molecule has 0 radical (unpaired) electrons. The van der Waals surface area contributed by atoms with Crippen molar-refractivity contribution in [1.29, 1.82) is 0 Å². The van der Waals surface area contributed by atoms with Crippen LogP contribution in [0.15, 0.2) is 77.4 Å². The van der Waals surface area contributed by atoms with Crippen LogP contribution in [0.4, 0.5) is 11.6 Å². The number of aryl methyl sites for hydroxylation is 3. The Balaban J connectivity index is 1.23. The summed E-state index contributed by atoms with van der Waals surface area (Å²) in [5.74, 6) is 0.611. The van der Waals surface area contributed by atoms with Gasteiger partial charge in [0, 0.05) is 17.7 Å². The Hall–Kier alpha value is -4.52. The first-order valence-corrected chi connectivity index (χ1v) is 12.3. The summed E-state index contributed by atoms with van der Waals surface area (Å²) in [4.78, 5) is 19.8. The lowest BCUT2D eigenvalue weighted by molar-refractivity contribution is -0.137. The second-order valence-electron chi connectivity index (χ2n) is 9.47. The van der Waals surface area contributed by atoms with Crippen molar-refractivity contribution in [1.82, 2.24) is 9.97 Å². The van der Waals surface area contributed by atoms with E-state index in [0.29, 0.717) is 18.9 Å². The third-order valence-electron chi connectivity index (χ3n) is 6.49. The highest BCUT2D eigenvalue weighted by molar-refractivity contribution is 5.79. The van der Waals surface area contributed by atoms with Gasteiger partial charge < -0.3 is 25.1 Å². The Kier molecular flexibility index (Phi) is 6.68. The number of rotatable bonds is 9. The molecule has 7 nitrogen and oxygen atoms in total. The lowest BCUT2D eigenvalue weighted by Gasteiger charge is -2.20. The van der Waals surface area contributed by atoms with Gasteiger partial charge in [0.1, 0.15) is 11.8 Å². The number of anilines is 2. The molecule has 4 N–H and O–H groups in total. The molecule has 37 heavy (non-hydrogen) atoms. The molecule has 0 saturated carbocycles. The SMILES string of the molecule is Cc1cc(C)c(NC(Cc2ccc(-c3coc(CNc4nc5ccccc5[nH]4)c3)cc2)C(=O)O)c(C)c1. The molecular weight excluding hydrogens is 464 g/mol. The average molecular weight is 495 g/mol. The number of aliphatic carboxylic acids is 1. The van der Waals surface area contributed by atoms with E-state index in [-0.39, 0.29) is 0 Å². The first kappa shape index (κ1) is 24.2. The fraction of sp³-hybridized carbons (Fsp3) is 0.200. The molecule has 2 aromatic heterocycles. The summed E-state index contributed by atoms with van der Waals surface area (Å²) in [7, 11) is 0. The van der Waals surface area contributed by atoms with E-state index < -0.39 is 12.0 Å². The largest absolute Gasteiger partial charge is 0.480 e. The van der Waals surface area contributed by atoms with Crippen molar-refractivity contribution < 1.29 is 14.3 Å². The zero-order valence-corrected chi connectivity index (χ0v) is 21.1. The van der Waals surface area contributed by atoms with E-state index in [0.717, 1.165) is 55.9 Å². The Morgan fingerprint density at radius 2 is 1.73 bits per heavy atom. The Morgan fingerprint density at radius 1 is 1.00 bits per heavy atom. The molecule has 0 amide bonds. The van der Waals surface area contributed by atoms with Crippen LogP contribution >= 0.6 is 0 Å². The number of carboxylic acid groups (broad SMARTS) is 1. The molecule has 0 spiro atoms. The van der Waals surface area contributed by atoms with E-state index in [9.17, 15) is 9.90 Å². The van der Waals surface area contributed by atoms with Gasteiger partial charge >= 0.3 is 5.97 Å². The Labute approximate surface area is 215 Å². The van der Waals surface area contributed by atoms with Crippen LogP contribution in [0.25, 0.3) is 22.2 Å². The molecule has 1 unspecified atom stereocenters. The quantitative estimate of drug-likeness (QED) is 0.187. The highest BCUT2D eigenvalue weighted by Gasteiger charge is 2.20. The number of imidazole rings is 1. The third-order valence-corrected chi connectivity index (χ3v) is 6.49. The van der Waals surface area contributed by atoms with E-state index >= 15 is 0 Å². The minimum Gasteiger partial charge on any atom is -0.480 e. The number of hydrogen-bond donors (Lipinski definition) is 4. The second kappa shape index (κ2) is 10.2. The summed E-state index contributed by atoms with van der Waals surface area (Å²) in [6, 6.07) is 21.2. The van der Waals surface area contributed by atoms with Gasteiger partial charge in [-0.1, -0.05) is 54.1 Å². The van der Waals surface area contributed by atoms with Gasteiger partial charge in [0.15, 0.2) is 0 Å². The third kappa shape index (κ3) is 5.51. The Bertz CT molecular complexity index is 1490. The normalized spacial score (nSPS) is 12.0. The lowest BCUT2D eigenvalue weighted by atomic mass is 10.00. The zero-order valence-electron chi connectivity index (χ0n) is 21.1. The molecule has 2 heterocycles. The van der Waals surface area contributed by atoms with Gasteiger partial charge in [0.05, 0.1) is 23.8 Å². The predicted molar refractivity (Wildman–Crippen MR) is 147 cm³/mol. The Morgan fingerprint density at radius 3 is 2.43 bits per heavy atom. The van der Waals surface area contributed by atoms with E-state index in [1.807, 2.05) is 75.4 Å². The van der Waals surface area contributed by atoms with Crippen molar-refractivity contribution in [2.24, 2.45) is 0 Å². The first-order valence-electron chi connectivity index (χ1n) is 12.3. The fourth-order valence-corrected chi connectivity index (χ4v) is 4.68. The molecule has 0 saturated heterocycles.